The van der Waals surface area contributed by atoms with Gasteiger partial charge in [0.1, 0.15) is 11.4 Å². The van der Waals surface area contributed by atoms with E-state index in [1.54, 1.807) is 10.6 Å². The van der Waals surface area contributed by atoms with Crippen molar-refractivity contribution in [3.8, 4) is 5.75 Å². The van der Waals surface area contributed by atoms with E-state index >= 15 is 0 Å². The number of rotatable bonds is 7. The molecule has 8 heteroatoms. The molecular formula is C26H30N4O4. The third-order valence-corrected chi connectivity index (χ3v) is 6.92. The first-order chi connectivity index (χ1) is 16.5. The second-order valence-corrected chi connectivity index (χ2v) is 9.31. The lowest BCUT2D eigenvalue weighted by molar-refractivity contribution is 0.0686. The number of aromatic amines is 1. The number of fused-ring (bicyclic) bond motifs is 1. The average Bonchev–Trinajstić information content (AvgIpc) is 3.69. The van der Waals surface area contributed by atoms with E-state index in [2.05, 4.69) is 22.1 Å². The zero-order chi connectivity index (χ0) is 23.7. The first-order valence-electron chi connectivity index (χ1n) is 12.2. The standard InChI is InChI=1S/C26H30N4O4/c1-2-34-21-9-5-17(6-10-21)3-4-18-11-13-29(14-12-18)25(32)19-15-22-23(27-16-19)30(20-7-8-20)26(33)28-24(22)31/h5-6,9-10,15-16,18,20H,2-4,7-8,11-14H2,1H3,(H,28,31,33). The van der Waals surface area contributed by atoms with Crippen LogP contribution in [0.5, 0.6) is 5.75 Å². The summed E-state index contributed by atoms with van der Waals surface area (Å²) in [6, 6.07) is 9.96. The minimum Gasteiger partial charge on any atom is -0.494 e. The van der Waals surface area contributed by atoms with E-state index in [-0.39, 0.29) is 11.9 Å². The van der Waals surface area contributed by atoms with E-state index in [0.29, 0.717) is 42.2 Å². The van der Waals surface area contributed by atoms with Crippen LogP contribution in [0.2, 0.25) is 0 Å². The van der Waals surface area contributed by atoms with Gasteiger partial charge < -0.3 is 9.64 Å². The first kappa shape index (κ1) is 22.4. The number of ether oxygens (including phenoxy) is 1. The lowest BCUT2D eigenvalue weighted by Gasteiger charge is -2.32. The fourth-order valence-electron chi connectivity index (χ4n) is 4.82. The average molecular weight is 463 g/mol. The van der Waals surface area contributed by atoms with Crippen molar-refractivity contribution in [1.29, 1.82) is 0 Å². The molecule has 2 aromatic heterocycles. The van der Waals surface area contributed by atoms with Crippen LogP contribution in [-0.4, -0.2) is 45.0 Å². The molecule has 1 amide bonds. The molecule has 5 rings (SSSR count). The normalized spacial score (nSPS) is 16.7. The Balaban J connectivity index is 1.21. The van der Waals surface area contributed by atoms with Gasteiger partial charge in [-0.3, -0.25) is 19.1 Å². The fraction of sp³-hybridized carbons (Fsp3) is 0.462. The largest absolute Gasteiger partial charge is 0.494 e. The minimum absolute atomic E-state index is 0.0857. The number of amides is 1. The zero-order valence-electron chi connectivity index (χ0n) is 19.5. The van der Waals surface area contributed by atoms with Crippen LogP contribution in [0.4, 0.5) is 0 Å². The molecule has 3 aromatic rings. The third kappa shape index (κ3) is 4.62. The van der Waals surface area contributed by atoms with E-state index in [9.17, 15) is 14.4 Å². The molecule has 0 unspecified atom stereocenters. The van der Waals surface area contributed by atoms with Crippen molar-refractivity contribution < 1.29 is 9.53 Å². The SMILES string of the molecule is CCOc1ccc(CCC2CCN(C(=O)c3cnc4c(c3)c(=O)[nH]c(=O)n4C3CC3)CC2)cc1. The number of hydrogen-bond donors (Lipinski definition) is 1. The van der Waals surface area contributed by atoms with Gasteiger partial charge in [-0.15, -0.1) is 0 Å². The second kappa shape index (κ2) is 9.44. The number of likely N-dealkylation sites (tertiary alicyclic amines) is 1. The Hall–Kier alpha value is -3.42. The number of pyridine rings is 1. The van der Waals surface area contributed by atoms with Crippen molar-refractivity contribution in [2.45, 2.75) is 51.5 Å². The lowest BCUT2D eigenvalue weighted by atomic mass is 9.90. The Morgan fingerprint density at radius 3 is 2.53 bits per heavy atom. The number of H-pyrrole nitrogens is 1. The Kier molecular flexibility index (Phi) is 6.22. The molecule has 1 aliphatic heterocycles. The van der Waals surface area contributed by atoms with Crippen LogP contribution in [0.1, 0.15) is 61.0 Å². The zero-order valence-corrected chi connectivity index (χ0v) is 19.5. The third-order valence-electron chi connectivity index (χ3n) is 6.92. The molecule has 1 aliphatic carbocycles. The smallest absolute Gasteiger partial charge is 0.330 e. The number of benzene rings is 1. The van der Waals surface area contributed by atoms with Crippen LogP contribution >= 0.6 is 0 Å². The van der Waals surface area contributed by atoms with Crippen molar-refractivity contribution in [1.82, 2.24) is 19.4 Å². The summed E-state index contributed by atoms with van der Waals surface area (Å²) in [7, 11) is 0. The van der Waals surface area contributed by atoms with Crippen LogP contribution in [0.3, 0.4) is 0 Å². The molecule has 0 bridgehead atoms. The summed E-state index contributed by atoms with van der Waals surface area (Å²) in [4.78, 5) is 46.3. The summed E-state index contributed by atoms with van der Waals surface area (Å²) in [5.41, 5.74) is 1.14. The van der Waals surface area contributed by atoms with Gasteiger partial charge in [-0.1, -0.05) is 12.1 Å². The van der Waals surface area contributed by atoms with Gasteiger partial charge in [0.15, 0.2) is 0 Å². The number of aromatic nitrogens is 3. The molecule has 178 valence electrons. The molecule has 1 N–H and O–H groups in total. The topological polar surface area (TPSA) is 97.3 Å². The van der Waals surface area contributed by atoms with Crippen molar-refractivity contribution in [3.05, 3.63) is 68.5 Å². The van der Waals surface area contributed by atoms with E-state index < -0.39 is 11.2 Å². The Labute approximate surface area is 197 Å². The molecule has 1 saturated carbocycles. The van der Waals surface area contributed by atoms with Gasteiger partial charge in [0.05, 0.1) is 17.6 Å². The predicted octanol–water partition coefficient (Wildman–Crippen LogP) is 3.30. The van der Waals surface area contributed by atoms with Crippen molar-refractivity contribution in [2.75, 3.05) is 19.7 Å². The van der Waals surface area contributed by atoms with Crippen molar-refractivity contribution in [3.63, 3.8) is 0 Å². The quantitative estimate of drug-likeness (QED) is 0.581. The van der Waals surface area contributed by atoms with E-state index in [1.807, 2.05) is 24.0 Å². The molecule has 1 saturated heterocycles. The van der Waals surface area contributed by atoms with Crippen molar-refractivity contribution in [2.24, 2.45) is 5.92 Å². The molecule has 0 atom stereocenters. The molecule has 2 fully saturated rings. The highest BCUT2D eigenvalue weighted by atomic mass is 16.5. The van der Waals surface area contributed by atoms with Gasteiger partial charge in [0.2, 0.25) is 0 Å². The lowest BCUT2D eigenvalue weighted by Crippen LogP contribution is -2.38. The molecule has 34 heavy (non-hydrogen) atoms. The van der Waals surface area contributed by atoms with Crippen molar-refractivity contribution >= 4 is 16.9 Å². The van der Waals surface area contributed by atoms with Gasteiger partial charge in [-0.2, -0.15) is 0 Å². The Bertz CT molecular complexity index is 1300. The predicted molar refractivity (Wildman–Crippen MR) is 129 cm³/mol. The summed E-state index contributed by atoms with van der Waals surface area (Å²) in [5.74, 6) is 1.38. The summed E-state index contributed by atoms with van der Waals surface area (Å²) in [6.45, 7) is 4.05. The maximum atomic E-state index is 13.1. The second-order valence-electron chi connectivity index (χ2n) is 9.31. The van der Waals surface area contributed by atoms with E-state index in [0.717, 1.165) is 44.3 Å². The van der Waals surface area contributed by atoms with Gasteiger partial charge >= 0.3 is 5.69 Å². The fourth-order valence-corrected chi connectivity index (χ4v) is 4.82. The maximum Gasteiger partial charge on any atom is 0.330 e. The molecule has 1 aromatic carbocycles. The number of piperidine rings is 1. The first-order valence-corrected chi connectivity index (χ1v) is 12.2. The number of carbonyl (C=O) groups is 1. The molecular weight excluding hydrogens is 432 g/mol. The highest BCUT2D eigenvalue weighted by molar-refractivity contribution is 5.96. The van der Waals surface area contributed by atoms with Crippen LogP contribution in [0.25, 0.3) is 11.0 Å². The van der Waals surface area contributed by atoms with Crippen LogP contribution in [0.15, 0.2) is 46.1 Å². The van der Waals surface area contributed by atoms with Gasteiger partial charge in [-0.25, -0.2) is 9.78 Å². The summed E-state index contributed by atoms with van der Waals surface area (Å²) in [5, 5.41) is 0.294. The Morgan fingerprint density at radius 1 is 1.12 bits per heavy atom. The number of nitrogens with one attached hydrogen (secondary N) is 1. The monoisotopic (exact) mass is 462 g/mol. The van der Waals surface area contributed by atoms with Crippen LogP contribution < -0.4 is 16.0 Å². The number of aryl methyl sites for hydroxylation is 1. The number of nitrogens with zero attached hydrogens (tertiary/aromatic N) is 3. The highest BCUT2D eigenvalue weighted by Gasteiger charge is 2.29. The molecule has 0 spiro atoms. The number of carbonyl (C=O) groups excluding carboxylic acids is 1. The summed E-state index contributed by atoms with van der Waals surface area (Å²) < 4.78 is 7.05. The minimum atomic E-state index is -0.493. The maximum absolute atomic E-state index is 13.1. The molecule has 0 radical (unpaired) electrons. The van der Waals surface area contributed by atoms with Gasteiger partial charge in [0.25, 0.3) is 11.5 Å². The molecule has 3 heterocycles. The van der Waals surface area contributed by atoms with Gasteiger partial charge in [0, 0.05) is 25.3 Å². The van der Waals surface area contributed by atoms with E-state index in [1.165, 1.54) is 11.8 Å². The molecule has 8 nitrogen and oxygen atoms in total. The highest BCUT2D eigenvalue weighted by Crippen LogP contribution is 2.34. The van der Waals surface area contributed by atoms with Gasteiger partial charge in [-0.05, 0) is 75.1 Å². The van der Waals surface area contributed by atoms with Crippen LogP contribution in [0, 0.1) is 5.92 Å². The number of hydrogen-bond acceptors (Lipinski definition) is 5. The molecule has 2 aliphatic rings. The van der Waals surface area contributed by atoms with E-state index in [4.69, 9.17) is 4.74 Å². The summed E-state index contributed by atoms with van der Waals surface area (Å²) >= 11 is 0. The van der Waals surface area contributed by atoms with Crippen LogP contribution in [-0.2, 0) is 6.42 Å². The summed E-state index contributed by atoms with van der Waals surface area (Å²) in [6.07, 6.45) is 7.35. The Morgan fingerprint density at radius 2 is 1.85 bits per heavy atom.